The smallest absolute Gasteiger partial charge is 0.127 e. The van der Waals surface area contributed by atoms with Crippen molar-refractivity contribution in [3.8, 4) is 0 Å². The highest BCUT2D eigenvalue weighted by atomic mass is 79.9. The molecule has 1 rings (SSSR count). The maximum absolute atomic E-state index is 13.1. The summed E-state index contributed by atoms with van der Waals surface area (Å²) >= 11 is 8.90. The molecule has 0 fully saturated rings. The van der Waals surface area contributed by atoms with Crippen molar-refractivity contribution in [3.05, 3.63) is 34.6 Å². The zero-order valence-electron chi connectivity index (χ0n) is 6.49. The second kappa shape index (κ2) is 4.83. The van der Waals surface area contributed by atoms with Gasteiger partial charge in [-0.3, -0.25) is 0 Å². The summed E-state index contributed by atoms with van der Waals surface area (Å²) in [4.78, 5) is 0. The highest BCUT2D eigenvalue weighted by Gasteiger charge is 2.01. The van der Waals surface area contributed by atoms with E-state index >= 15 is 0 Å². The molecule has 0 bridgehead atoms. The Morgan fingerprint density at radius 1 is 1.42 bits per heavy atom. The van der Waals surface area contributed by atoms with Crippen LogP contribution in [0, 0.1) is 5.82 Å². The first-order valence-corrected chi connectivity index (χ1v) is 5.24. The van der Waals surface area contributed by atoms with Crippen LogP contribution in [0.25, 0.3) is 0 Å². The molecule has 1 aromatic rings. The number of rotatable bonds is 3. The fraction of sp³-hybridized carbons (Fsp3) is 0.333. The molecule has 0 atom stereocenters. The van der Waals surface area contributed by atoms with E-state index in [-0.39, 0.29) is 5.82 Å². The van der Waals surface area contributed by atoms with Crippen LogP contribution in [0.1, 0.15) is 12.0 Å². The van der Waals surface area contributed by atoms with E-state index in [9.17, 15) is 4.39 Å². The van der Waals surface area contributed by atoms with E-state index in [0.717, 1.165) is 23.7 Å². The molecule has 0 aliphatic heterocycles. The van der Waals surface area contributed by atoms with Crippen LogP contribution in [0.3, 0.4) is 0 Å². The van der Waals surface area contributed by atoms with Crippen LogP contribution in [-0.4, -0.2) is 5.33 Å². The molecule has 3 heteroatoms. The van der Waals surface area contributed by atoms with Crippen molar-refractivity contribution in [2.24, 2.45) is 0 Å². The van der Waals surface area contributed by atoms with Crippen molar-refractivity contribution in [1.29, 1.82) is 0 Å². The zero-order chi connectivity index (χ0) is 8.97. The zero-order valence-corrected chi connectivity index (χ0v) is 8.83. The fourth-order valence-corrected chi connectivity index (χ4v) is 1.42. The topological polar surface area (TPSA) is 0 Å². The van der Waals surface area contributed by atoms with Gasteiger partial charge in [0.1, 0.15) is 5.82 Å². The highest BCUT2D eigenvalue weighted by Crippen LogP contribution is 2.15. The lowest BCUT2D eigenvalue weighted by Crippen LogP contribution is -1.90. The number of benzene rings is 1. The SMILES string of the molecule is Fc1cc(Cl)ccc1CCCBr. The van der Waals surface area contributed by atoms with Crippen molar-refractivity contribution >= 4 is 27.5 Å². The number of aryl methyl sites for hydroxylation is 1. The number of hydrogen-bond acceptors (Lipinski definition) is 0. The van der Waals surface area contributed by atoms with Gasteiger partial charge in [-0.05, 0) is 30.5 Å². The first kappa shape index (κ1) is 10.0. The van der Waals surface area contributed by atoms with Gasteiger partial charge >= 0.3 is 0 Å². The molecule has 0 unspecified atom stereocenters. The quantitative estimate of drug-likeness (QED) is 0.717. The molecule has 0 aliphatic rings. The van der Waals surface area contributed by atoms with Crippen LogP contribution in [0.5, 0.6) is 0 Å². The molecular weight excluding hydrogens is 242 g/mol. The second-order valence-electron chi connectivity index (χ2n) is 2.53. The van der Waals surface area contributed by atoms with Crippen molar-refractivity contribution in [2.75, 3.05) is 5.33 Å². The molecule has 66 valence electrons. The van der Waals surface area contributed by atoms with E-state index in [1.54, 1.807) is 12.1 Å². The summed E-state index contributed by atoms with van der Waals surface area (Å²) in [6, 6.07) is 4.81. The molecule has 0 saturated heterocycles. The van der Waals surface area contributed by atoms with Gasteiger partial charge in [0.05, 0.1) is 0 Å². The highest BCUT2D eigenvalue weighted by molar-refractivity contribution is 9.09. The average Bonchev–Trinajstić information content (AvgIpc) is 2.03. The molecule has 0 aliphatic carbocycles. The predicted molar refractivity (Wildman–Crippen MR) is 53.5 cm³/mol. The molecule has 0 saturated carbocycles. The van der Waals surface area contributed by atoms with E-state index in [1.165, 1.54) is 6.07 Å². The maximum atomic E-state index is 13.1. The minimum absolute atomic E-state index is 0.205. The Labute approximate surface area is 84.9 Å². The summed E-state index contributed by atoms with van der Waals surface area (Å²) in [5.41, 5.74) is 0.735. The van der Waals surface area contributed by atoms with Gasteiger partial charge in [0, 0.05) is 10.4 Å². The summed E-state index contributed by atoms with van der Waals surface area (Å²) in [6.07, 6.45) is 1.70. The second-order valence-corrected chi connectivity index (χ2v) is 3.76. The van der Waals surface area contributed by atoms with Gasteiger partial charge in [0.2, 0.25) is 0 Å². The summed E-state index contributed by atoms with van der Waals surface area (Å²) < 4.78 is 13.1. The van der Waals surface area contributed by atoms with E-state index in [2.05, 4.69) is 15.9 Å². The van der Waals surface area contributed by atoms with Crippen LogP contribution < -0.4 is 0 Å². The third-order valence-corrected chi connectivity index (χ3v) is 2.39. The first-order chi connectivity index (χ1) is 5.74. The van der Waals surface area contributed by atoms with Gasteiger partial charge in [-0.15, -0.1) is 0 Å². The van der Waals surface area contributed by atoms with Crippen molar-refractivity contribution in [3.63, 3.8) is 0 Å². The molecule has 0 spiro atoms. The lowest BCUT2D eigenvalue weighted by Gasteiger charge is -2.01. The van der Waals surface area contributed by atoms with Gasteiger partial charge in [0.15, 0.2) is 0 Å². The van der Waals surface area contributed by atoms with Crippen molar-refractivity contribution in [1.82, 2.24) is 0 Å². The van der Waals surface area contributed by atoms with E-state index in [4.69, 9.17) is 11.6 Å². The first-order valence-electron chi connectivity index (χ1n) is 3.74. The van der Waals surface area contributed by atoms with Crippen LogP contribution in [0.4, 0.5) is 4.39 Å². The molecule has 0 heterocycles. The van der Waals surface area contributed by atoms with Gasteiger partial charge in [0.25, 0.3) is 0 Å². The van der Waals surface area contributed by atoms with E-state index in [1.807, 2.05) is 0 Å². The Morgan fingerprint density at radius 3 is 2.75 bits per heavy atom. The monoisotopic (exact) mass is 250 g/mol. The number of halogens is 3. The molecule has 1 aromatic carbocycles. The Bertz CT molecular complexity index is 263. The molecule has 0 aromatic heterocycles. The summed E-state index contributed by atoms with van der Waals surface area (Å²) in [5, 5.41) is 1.35. The van der Waals surface area contributed by atoms with Crippen LogP contribution in [-0.2, 0) is 6.42 Å². The predicted octanol–water partition coefficient (Wildman–Crippen LogP) is 3.81. The fourth-order valence-electron chi connectivity index (χ4n) is 0.982. The summed E-state index contributed by atoms with van der Waals surface area (Å²) in [7, 11) is 0. The average molecular weight is 252 g/mol. The lowest BCUT2D eigenvalue weighted by molar-refractivity contribution is 0.608. The molecule has 0 nitrogen and oxygen atoms in total. The van der Waals surface area contributed by atoms with E-state index in [0.29, 0.717) is 5.02 Å². The minimum atomic E-state index is -0.205. The maximum Gasteiger partial charge on any atom is 0.127 e. The Morgan fingerprint density at radius 2 is 2.17 bits per heavy atom. The Hall–Kier alpha value is -0.0800. The molecule has 0 radical (unpaired) electrons. The number of hydrogen-bond donors (Lipinski definition) is 0. The third-order valence-electron chi connectivity index (χ3n) is 1.59. The largest absolute Gasteiger partial charge is 0.207 e. The summed E-state index contributed by atoms with van der Waals surface area (Å²) in [5.74, 6) is -0.205. The number of alkyl halides is 1. The van der Waals surface area contributed by atoms with E-state index < -0.39 is 0 Å². The van der Waals surface area contributed by atoms with Crippen LogP contribution in [0.2, 0.25) is 5.02 Å². The standard InChI is InChI=1S/C9H9BrClF/c10-5-1-2-7-3-4-8(11)6-9(7)12/h3-4,6H,1-2,5H2. The molecule has 12 heavy (non-hydrogen) atoms. The normalized spacial score (nSPS) is 10.2. The van der Waals surface area contributed by atoms with Gasteiger partial charge in [-0.1, -0.05) is 33.6 Å². The van der Waals surface area contributed by atoms with Crippen molar-refractivity contribution < 1.29 is 4.39 Å². The van der Waals surface area contributed by atoms with Gasteiger partial charge in [-0.25, -0.2) is 4.39 Å². The molecule has 0 N–H and O–H groups in total. The summed E-state index contributed by atoms with van der Waals surface area (Å²) in [6.45, 7) is 0. The Balaban J connectivity index is 2.72. The Kier molecular flexibility index (Phi) is 4.02. The van der Waals surface area contributed by atoms with Crippen LogP contribution >= 0.6 is 27.5 Å². The van der Waals surface area contributed by atoms with Gasteiger partial charge in [-0.2, -0.15) is 0 Å². The molecule has 0 amide bonds. The molecular formula is C9H9BrClF. The lowest BCUT2D eigenvalue weighted by atomic mass is 10.1. The van der Waals surface area contributed by atoms with Gasteiger partial charge < -0.3 is 0 Å². The van der Waals surface area contributed by atoms with Crippen molar-refractivity contribution in [2.45, 2.75) is 12.8 Å². The third kappa shape index (κ3) is 2.76. The van der Waals surface area contributed by atoms with Crippen LogP contribution in [0.15, 0.2) is 18.2 Å². The minimum Gasteiger partial charge on any atom is -0.207 e.